The average molecular weight is 367 g/mol. The minimum absolute atomic E-state index is 0.0888. The molecule has 0 bridgehead atoms. The third kappa shape index (κ3) is 3.23. The van der Waals surface area contributed by atoms with Gasteiger partial charge < -0.3 is 10.2 Å². The van der Waals surface area contributed by atoms with Crippen molar-refractivity contribution < 1.29 is 19.8 Å². The molecule has 0 saturated carbocycles. The Morgan fingerprint density at radius 3 is 2.08 bits per heavy atom. The summed E-state index contributed by atoms with van der Waals surface area (Å²) in [5.74, 6) is -2.79. The number of rotatable bonds is 6. The fraction of sp³-hybridized carbons (Fsp3) is 0.222. The van der Waals surface area contributed by atoms with Crippen LogP contribution in [0.25, 0.3) is 0 Å². The van der Waals surface area contributed by atoms with Crippen LogP contribution in [0.1, 0.15) is 24.0 Å². The van der Waals surface area contributed by atoms with Gasteiger partial charge in [-0.2, -0.15) is 0 Å². The third-order valence-corrected chi connectivity index (χ3v) is 4.61. The van der Waals surface area contributed by atoms with E-state index in [4.69, 9.17) is 23.2 Å². The molecular formula is C18H16Cl2O4. The molecule has 2 aromatic rings. The fourth-order valence-corrected chi connectivity index (χ4v) is 3.28. The first-order valence-corrected chi connectivity index (χ1v) is 7.96. The van der Waals surface area contributed by atoms with Crippen LogP contribution in [0.5, 0.6) is 0 Å². The number of carbonyl (C=O) groups is 2. The Bertz CT molecular complexity index is 775. The van der Waals surface area contributed by atoms with E-state index in [1.165, 1.54) is 18.2 Å². The highest BCUT2D eigenvalue weighted by molar-refractivity contribution is 6.32. The third-order valence-electron chi connectivity index (χ3n) is 3.93. The molecule has 2 atom stereocenters. The molecule has 4 nitrogen and oxygen atoms in total. The van der Waals surface area contributed by atoms with E-state index >= 15 is 0 Å². The maximum absolute atomic E-state index is 12.4. The number of carbonyl (C=O) groups excluding carboxylic acids is 2. The van der Waals surface area contributed by atoms with Crippen LogP contribution < -0.4 is 0 Å². The summed E-state index contributed by atoms with van der Waals surface area (Å²) in [6.45, 7) is 0.313. The lowest BCUT2D eigenvalue weighted by molar-refractivity contribution is -0.146. The van der Waals surface area contributed by atoms with Crippen LogP contribution in [-0.4, -0.2) is 28.4 Å². The van der Waals surface area contributed by atoms with Crippen LogP contribution in [-0.2, 0) is 15.2 Å². The highest BCUT2D eigenvalue weighted by atomic mass is 35.5. The Morgan fingerprint density at radius 2 is 1.58 bits per heavy atom. The fourth-order valence-electron chi connectivity index (χ4n) is 2.75. The van der Waals surface area contributed by atoms with Gasteiger partial charge in [-0.15, -0.1) is 0 Å². The van der Waals surface area contributed by atoms with Crippen molar-refractivity contribution in [3.8, 4) is 0 Å². The molecule has 2 aromatic carbocycles. The highest BCUT2D eigenvalue weighted by Gasteiger charge is 2.49. The van der Waals surface area contributed by atoms with Gasteiger partial charge in [-0.25, -0.2) is 0 Å². The number of halogens is 2. The van der Waals surface area contributed by atoms with Crippen molar-refractivity contribution in [2.45, 2.75) is 18.4 Å². The molecule has 0 radical (unpaired) electrons. The zero-order valence-electron chi connectivity index (χ0n) is 12.9. The monoisotopic (exact) mass is 366 g/mol. The molecular weight excluding hydrogens is 351 g/mol. The molecule has 126 valence electrons. The van der Waals surface area contributed by atoms with Crippen molar-refractivity contribution in [3.05, 3.63) is 69.7 Å². The van der Waals surface area contributed by atoms with Crippen LogP contribution in [0.15, 0.2) is 48.5 Å². The van der Waals surface area contributed by atoms with Gasteiger partial charge in [0.1, 0.15) is 6.61 Å². The number of aliphatic hydroxyl groups is 2. The first kappa shape index (κ1) is 18.6. The minimum Gasteiger partial charge on any atom is -0.389 e. The smallest absolute Gasteiger partial charge is 0.169 e. The Morgan fingerprint density at radius 1 is 1.04 bits per heavy atom. The van der Waals surface area contributed by atoms with Gasteiger partial charge in [-0.05, 0) is 24.6 Å². The lowest BCUT2D eigenvalue weighted by Crippen LogP contribution is -2.45. The quantitative estimate of drug-likeness (QED) is 0.823. The maximum Gasteiger partial charge on any atom is 0.169 e. The predicted molar refractivity (Wildman–Crippen MR) is 92.3 cm³/mol. The first-order chi connectivity index (χ1) is 11.3. The van der Waals surface area contributed by atoms with Gasteiger partial charge in [-0.3, -0.25) is 9.59 Å². The van der Waals surface area contributed by atoms with Crippen LogP contribution in [0.2, 0.25) is 10.0 Å². The number of benzene rings is 2. The van der Waals surface area contributed by atoms with Gasteiger partial charge in [0.2, 0.25) is 0 Å². The van der Waals surface area contributed by atoms with Crippen molar-refractivity contribution >= 4 is 34.8 Å². The molecule has 0 heterocycles. The van der Waals surface area contributed by atoms with Gasteiger partial charge in [0.15, 0.2) is 17.2 Å². The molecule has 24 heavy (non-hydrogen) atoms. The van der Waals surface area contributed by atoms with E-state index in [1.54, 1.807) is 30.3 Å². The van der Waals surface area contributed by atoms with Crippen molar-refractivity contribution in [2.75, 3.05) is 6.61 Å². The van der Waals surface area contributed by atoms with Crippen LogP contribution in [0.3, 0.4) is 0 Å². The van der Waals surface area contributed by atoms with E-state index in [-0.39, 0.29) is 21.2 Å². The van der Waals surface area contributed by atoms with E-state index in [2.05, 4.69) is 0 Å². The average Bonchev–Trinajstić information content (AvgIpc) is 2.56. The van der Waals surface area contributed by atoms with Crippen LogP contribution in [0.4, 0.5) is 0 Å². The topological polar surface area (TPSA) is 74.6 Å². The Labute approximate surface area is 149 Å². The molecule has 0 amide bonds. The number of aliphatic hydroxyl groups excluding tert-OH is 1. The summed E-state index contributed by atoms with van der Waals surface area (Å²) in [4.78, 5) is 24.8. The minimum atomic E-state index is -2.25. The molecule has 2 rings (SSSR count). The van der Waals surface area contributed by atoms with Crippen LogP contribution in [0, 0.1) is 0 Å². The van der Waals surface area contributed by atoms with E-state index in [0.29, 0.717) is 0 Å². The summed E-state index contributed by atoms with van der Waals surface area (Å²) >= 11 is 12.3. The summed E-state index contributed by atoms with van der Waals surface area (Å²) in [6.07, 6.45) is 0. The molecule has 0 spiro atoms. The number of hydrogen-bond donors (Lipinski definition) is 2. The van der Waals surface area contributed by atoms with Gasteiger partial charge in [0.05, 0.1) is 5.92 Å². The highest BCUT2D eigenvalue weighted by Crippen LogP contribution is 2.43. The molecule has 0 saturated heterocycles. The predicted octanol–water partition coefficient (Wildman–Crippen LogP) is 3.12. The molecule has 0 fully saturated rings. The molecule has 2 N–H and O–H groups in total. The molecule has 0 aliphatic carbocycles. The summed E-state index contributed by atoms with van der Waals surface area (Å²) in [5.41, 5.74) is -1.91. The first-order valence-electron chi connectivity index (χ1n) is 7.20. The number of Topliss-reactive ketones (excluding diaryl/α,β-unsaturated/α-hetero) is 2. The maximum atomic E-state index is 12.4. The van der Waals surface area contributed by atoms with Crippen molar-refractivity contribution in [1.82, 2.24) is 0 Å². The largest absolute Gasteiger partial charge is 0.389 e. The van der Waals surface area contributed by atoms with Gasteiger partial charge in [0, 0.05) is 15.6 Å². The second kappa shape index (κ2) is 7.45. The normalized spacial score (nSPS) is 14.7. The molecule has 0 aliphatic rings. The summed E-state index contributed by atoms with van der Waals surface area (Å²) in [5, 5.41) is 21.0. The summed E-state index contributed by atoms with van der Waals surface area (Å²) in [6, 6.07) is 12.6. The van der Waals surface area contributed by atoms with Crippen molar-refractivity contribution in [3.63, 3.8) is 0 Å². The second-order valence-corrected chi connectivity index (χ2v) is 6.20. The molecule has 2 unspecified atom stereocenters. The Kier molecular flexibility index (Phi) is 5.78. The standard InChI is InChI=1S/C18H16Cl2O4/c1-11(22)18(24,13-7-3-5-9-15(13)20)17(16(23)10-21)12-6-2-4-8-14(12)19/h2-9,17,21,24H,10H2,1H3. The van der Waals surface area contributed by atoms with Crippen molar-refractivity contribution in [1.29, 1.82) is 0 Å². The van der Waals surface area contributed by atoms with Crippen LogP contribution >= 0.6 is 23.2 Å². The summed E-state index contributed by atoms with van der Waals surface area (Å²) < 4.78 is 0. The second-order valence-electron chi connectivity index (χ2n) is 5.38. The SMILES string of the molecule is CC(=O)C(O)(c1ccccc1Cl)C(C(=O)CO)c1ccccc1Cl. The molecule has 6 heteroatoms. The van der Waals surface area contributed by atoms with Gasteiger partial charge >= 0.3 is 0 Å². The number of hydrogen-bond acceptors (Lipinski definition) is 4. The Hall–Kier alpha value is -1.72. The zero-order chi connectivity index (χ0) is 17.9. The van der Waals surface area contributed by atoms with E-state index in [9.17, 15) is 19.8 Å². The lowest BCUT2D eigenvalue weighted by atomic mass is 9.73. The van der Waals surface area contributed by atoms with E-state index < -0.39 is 29.7 Å². The van der Waals surface area contributed by atoms with Gasteiger partial charge in [-0.1, -0.05) is 59.6 Å². The molecule has 0 aliphatic heterocycles. The Balaban J connectivity index is 2.78. The van der Waals surface area contributed by atoms with E-state index in [0.717, 1.165) is 6.92 Å². The lowest BCUT2D eigenvalue weighted by Gasteiger charge is -2.34. The molecule has 0 aromatic heterocycles. The van der Waals surface area contributed by atoms with E-state index in [1.807, 2.05) is 0 Å². The zero-order valence-corrected chi connectivity index (χ0v) is 14.4. The number of ketones is 2. The van der Waals surface area contributed by atoms with Crippen molar-refractivity contribution in [2.24, 2.45) is 0 Å². The van der Waals surface area contributed by atoms with Gasteiger partial charge in [0.25, 0.3) is 0 Å². The summed E-state index contributed by atoms with van der Waals surface area (Å²) in [7, 11) is 0.